The SMILES string of the molecule is NCCC(O)c1coc2ncccc12. The van der Waals surface area contributed by atoms with Gasteiger partial charge in [-0.15, -0.1) is 0 Å². The Bertz CT molecular complexity index is 425. The number of aliphatic hydroxyl groups is 1. The van der Waals surface area contributed by atoms with E-state index in [1.165, 1.54) is 6.26 Å². The first-order valence-electron chi connectivity index (χ1n) is 4.53. The van der Waals surface area contributed by atoms with Crippen LogP contribution in [0.2, 0.25) is 0 Å². The lowest BCUT2D eigenvalue weighted by Crippen LogP contribution is -2.06. The molecular weight excluding hydrogens is 180 g/mol. The molecule has 2 rings (SSSR count). The molecule has 4 nitrogen and oxygen atoms in total. The Balaban J connectivity index is 2.42. The molecule has 0 bridgehead atoms. The van der Waals surface area contributed by atoms with Gasteiger partial charge in [0.15, 0.2) is 0 Å². The molecule has 3 N–H and O–H groups in total. The molecule has 2 aromatic heterocycles. The summed E-state index contributed by atoms with van der Waals surface area (Å²) in [5, 5.41) is 10.6. The van der Waals surface area contributed by atoms with Gasteiger partial charge in [-0.3, -0.25) is 0 Å². The molecule has 0 fully saturated rings. The predicted octanol–water partition coefficient (Wildman–Crippen LogP) is 1.21. The maximum atomic E-state index is 9.74. The average Bonchev–Trinajstić information content (AvgIpc) is 2.61. The second-order valence-corrected chi connectivity index (χ2v) is 3.14. The highest BCUT2D eigenvalue weighted by atomic mass is 16.3. The maximum Gasteiger partial charge on any atom is 0.226 e. The topological polar surface area (TPSA) is 72.3 Å². The zero-order valence-electron chi connectivity index (χ0n) is 7.68. The minimum absolute atomic E-state index is 0.452. The number of rotatable bonds is 3. The second-order valence-electron chi connectivity index (χ2n) is 3.14. The van der Waals surface area contributed by atoms with Crippen LogP contribution in [0.3, 0.4) is 0 Å². The van der Waals surface area contributed by atoms with Crippen molar-refractivity contribution < 1.29 is 9.52 Å². The molecule has 0 radical (unpaired) electrons. The highest BCUT2D eigenvalue weighted by molar-refractivity contribution is 5.77. The first-order chi connectivity index (χ1) is 6.83. The Labute approximate surface area is 81.4 Å². The molecular formula is C10H12N2O2. The van der Waals surface area contributed by atoms with Gasteiger partial charge in [0.2, 0.25) is 5.71 Å². The summed E-state index contributed by atoms with van der Waals surface area (Å²) in [4.78, 5) is 4.04. The van der Waals surface area contributed by atoms with Gasteiger partial charge in [-0.1, -0.05) is 0 Å². The largest absolute Gasteiger partial charge is 0.446 e. The van der Waals surface area contributed by atoms with Crippen LogP contribution in [0, 0.1) is 0 Å². The van der Waals surface area contributed by atoms with E-state index in [0.717, 1.165) is 10.9 Å². The number of pyridine rings is 1. The van der Waals surface area contributed by atoms with Crippen LogP contribution in [0.25, 0.3) is 11.1 Å². The van der Waals surface area contributed by atoms with E-state index in [1.807, 2.05) is 12.1 Å². The highest BCUT2D eigenvalue weighted by Crippen LogP contribution is 2.26. The van der Waals surface area contributed by atoms with Crippen molar-refractivity contribution in [2.24, 2.45) is 5.73 Å². The van der Waals surface area contributed by atoms with Gasteiger partial charge in [0, 0.05) is 17.1 Å². The van der Waals surface area contributed by atoms with Crippen LogP contribution in [-0.4, -0.2) is 16.6 Å². The van der Waals surface area contributed by atoms with Gasteiger partial charge in [-0.25, -0.2) is 4.98 Å². The van der Waals surface area contributed by atoms with Crippen molar-refractivity contribution in [2.45, 2.75) is 12.5 Å². The summed E-state index contributed by atoms with van der Waals surface area (Å²) in [6, 6.07) is 3.69. The monoisotopic (exact) mass is 192 g/mol. The molecule has 2 aromatic rings. The summed E-state index contributed by atoms with van der Waals surface area (Å²) in [7, 11) is 0. The molecule has 0 spiro atoms. The van der Waals surface area contributed by atoms with E-state index >= 15 is 0 Å². The average molecular weight is 192 g/mol. The molecule has 0 saturated carbocycles. The van der Waals surface area contributed by atoms with Gasteiger partial charge >= 0.3 is 0 Å². The lowest BCUT2D eigenvalue weighted by atomic mass is 10.1. The van der Waals surface area contributed by atoms with E-state index in [4.69, 9.17) is 10.2 Å². The van der Waals surface area contributed by atoms with Gasteiger partial charge in [-0.05, 0) is 25.1 Å². The number of aliphatic hydroxyl groups excluding tert-OH is 1. The summed E-state index contributed by atoms with van der Waals surface area (Å²) in [5.74, 6) is 0. The third-order valence-electron chi connectivity index (χ3n) is 2.18. The summed E-state index contributed by atoms with van der Waals surface area (Å²) in [6.45, 7) is 0.452. The molecule has 0 saturated heterocycles. The van der Waals surface area contributed by atoms with E-state index < -0.39 is 6.10 Å². The van der Waals surface area contributed by atoms with Crippen LogP contribution < -0.4 is 5.73 Å². The zero-order valence-corrected chi connectivity index (χ0v) is 7.68. The second kappa shape index (κ2) is 3.77. The van der Waals surface area contributed by atoms with Crippen LogP contribution in [0.4, 0.5) is 0 Å². The number of hydrogen-bond donors (Lipinski definition) is 2. The summed E-state index contributed by atoms with van der Waals surface area (Å²) in [6.07, 6.45) is 3.16. The van der Waals surface area contributed by atoms with Crippen molar-refractivity contribution in [2.75, 3.05) is 6.54 Å². The lowest BCUT2D eigenvalue weighted by molar-refractivity contribution is 0.170. The fourth-order valence-corrected chi connectivity index (χ4v) is 1.46. The molecule has 74 valence electrons. The first kappa shape index (κ1) is 9.18. The van der Waals surface area contributed by atoms with Crippen LogP contribution >= 0.6 is 0 Å². The van der Waals surface area contributed by atoms with Gasteiger partial charge in [-0.2, -0.15) is 0 Å². The van der Waals surface area contributed by atoms with Gasteiger partial charge < -0.3 is 15.3 Å². The summed E-state index contributed by atoms with van der Waals surface area (Å²) in [5.41, 5.74) is 6.69. The molecule has 0 aliphatic carbocycles. The van der Waals surface area contributed by atoms with Crippen LogP contribution in [-0.2, 0) is 0 Å². The fraction of sp³-hybridized carbons (Fsp3) is 0.300. The van der Waals surface area contributed by atoms with Crippen LogP contribution in [0.5, 0.6) is 0 Å². The first-order valence-corrected chi connectivity index (χ1v) is 4.53. The summed E-state index contributed by atoms with van der Waals surface area (Å²) >= 11 is 0. The van der Waals surface area contributed by atoms with E-state index in [9.17, 15) is 5.11 Å². The standard InChI is InChI=1S/C10H12N2O2/c11-4-3-9(13)8-6-14-10-7(8)2-1-5-12-10/h1-2,5-6,9,13H,3-4,11H2. The molecule has 0 aliphatic rings. The van der Waals surface area contributed by atoms with Crippen molar-refractivity contribution in [3.8, 4) is 0 Å². The summed E-state index contributed by atoms with van der Waals surface area (Å²) < 4.78 is 5.20. The highest BCUT2D eigenvalue weighted by Gasteiger charge is 2.13. The Hall–Kier alpha value is -1.39. The fourth-order valence-electron chi connectivity index (χ4n) is 1.46. The maximum absolute atomic E-state index is 9.74. The van der Waals surface area contributed by atoms with E-state index in [2.05, 4.69) is 4.98 Å². The smallest absolute Gasteiger partial charge is 0.226 e. The number of furan rings is 1. The molecule has 4 heteroatoms. The molecule has 1 unspecified atom stereocenters. The third-order valence-corrected chi connectivity index (χ3v) is 2.18. The van der Waals surface area contributed by atoms with Crippen molar-refractivity contribution >= 4 is 11.1 Å². The van der Waals surface area contributed by atoms with Crippen LogP contribution in [0.1, 0.15) is 18.1 Å². The normalized spacial score (nSPS) is 13.3. The third kappa shape index (κ3) is 1.49. The lowest BCUT2D eigenvalue weighted by Gasteiger charge is -2.05. The Morgan fingerprint density at radius 2 is 2.43 bits per heavy atom. The molecule has 1 atom stereocenters. The minimum Gasteiger partial charge on any atom is -0.446 e. The van der Waals surface area contributed by atoms with E-state index in [-0.39, 0.29) is 0 Å². The molecule has 2 heterocycles. The van der Waals surface area contributed by atoms with E-state index in [1.54, 1.807) is 6.20 Å². The van der Waals surface area contributed by atoms with Crippen molar-refractivity contribution in [1.82, 2.24) is 4.98 Å². The van der Waals surface area contributed by atoms with E-state index in [0.29, 0.717) is 18.7 Å². The van der Waals surface area contributed by atoms with Crippen molar-refractivity contribution in [3.63, 3.8) is 0 Å². The number of fused-ring (bicyclic) bond motifs is 1. The predicted molar refractivity (Wildman–Crippen MR) is 52.6 cm³/mol. The quantitative estimate of drug-likeness (QED) is 0.766. The Kier molecular flexibility index (Phi) is 2.47. The molecule has 14 heavy (non-hydrogen) atoms. The van der Waals surface area contributed by atoms with Gasteiger partial charge in [0.1, 0.15) is 0 Å². The molecule has 0 aromatic carbocycles. The Morgan fingerprint density at radius 1 is 1.57 bits per heavy atom. The van der Waals surface area contributed by atoms with Gasteiger partial charge in [0.05, 0.1) is 12.4 Å². The number of aromatic nitrogens is 1. The molecule has 0 aliphatic heterocycles. The van der Waals surface area contributed by atoms with Crippen molar-refractivity contribution in [1.29, 1.82) is 0 Å². The van der Waals surface area contributed by atoms with Gasteiger partial charge in [0.25, 0.3) is 0 Å². The number of nitrogens with zero attached hydrogens (tertiary/aromatic N) is 1. The number of hydrogen-bond acceptors (Lipinski definition) is 4. The number of nitrogens with two attached hydrogens (primary N) is 1. The zero-order chi connectivity index (χ0) is 9.97. The molecule has 0 amide bonds. The van der Waals surface area contributed by atoms with Crippen LogP contribution in [0.15, 0.2) is 29.0 Å². The minimum atomic E-state index is -0.564. The Morgan fingerprint density at radius 3 is 3.21 bits per heavy atom. The van der Waals surface area contributed by atoms with Crippen molar-refractivity contribution in [3.05, 3.63) is 30.2 Å².